The van der Waals surface area contributed by atoms with Crippen LogP contribution in [-0.2, 0) is 0 Å². The summed E-state index contributed by atoms with van der Waals surface area (Å²) < 4.78 is 5.53. The number of halogens is 1. The summed E-state index contributed by atoms with van der Waals surface area (Å²) in [5, 5.41) is 0.356. The summed E-state index contributed by atoms with van der Waals surface area (Å²) in [7, 11) is 0. The Morgan fingerprint density at radius 2 is 2.08 bits per heavy atom. The molecule has 0 spiro atoms. The Labute approximate surface area is 80.3 Å². The van der Waals surface area contributed by atoms with Gasteiger partial charge >= 0.3 is 5.76 Å². The molecule has 13 heavy (non-hydrogen) atoms. The second-order valence-electron chi connectivity index (χ2n) is 2.48. The first-order valence-corrected chi connectivity index (χ1v) is 4.29. The molecule has 0 amide bonds. The molecule has 0 aliphatic rings. The van der Waals surface area contributed by atoms with Crippen molar-refractivity contribution >= 4 is 26.9 Å². The summed E-state index contributed by atoms with van der Waals surface area (Å²) in [4.78, 5) is 24.0. The molecule has 66 valence electrons. The SMILES string of the molecule is O=c1[nH]c(=O)c2cc(Br)ccc2o1. The molecule has 1 aromatic heterocycles. The summed E-state index contributed by atoms with van der Waals surface area (Å²) in [6, 6.07) is 4.86. The van der Waals surface area contributed by atoms with Gasteiger partial charge in [-0.25, -0.2) is 4.79 Å². The van der Waals surface area contributed by atoms with Crippen molar-refractivity contribution < 1.29 is 4.42 Å². The van der Waals surface area contributed by atoms with Crippen LogP contribution < -0.4 is 11.3 Å². The smallest absolute Gasteiger partial charge is 0.409 e. The maximum Gasteiger partial charge on any atom is 0.419 e. The van der Waals surface area contributed by atoms with E-state index in [0.717, 1.165) is 4.47 Å². The van der Waals surface area contributed by atoms with Gasteiger partial charge in [-0.2, -0.15) is 0 Å². The minimum atomic E-state index is -0.736. The molecule has 0 fully saturated rings. The maximum atomic E-state index is 11.2. The van der Waals surface area contributed by atoms with E-state index < -0.39 is 11.3 Å². The fourth-order valence-electron chi connectivity index (χ4n) is 1.05. The number of benzene rings is 1. The van der Waals surface area contributed by atoms with Gasteiger partial charge in [0.1, 0.15) is 5.58 Å². The van der Waals surface area contributed by atoms with Crippen molar-refractivity contribution in [2.75, 3.05) is 0 Å². The van der Waals surface area contributed by atoms with Gasteiger partial charge < -0.3 is 4.42 Å². The highest BCUT2D eigenvalue weighted by molar-refractivity contribution is 9.10. The maximum absolute atomic E-state index is 11.2. The summed E-state index contributed by atoms with van der Waals surface area (Å²) in [6.07, 6.45) is 0. The van der Waals surface area contributed by atoms with E-state index >= 15 is 0 Å². The van der Waals surface area contributed by atoms with Crippen LogP contribution in [0.2, 0.25) is 0 Å². The van der Waals surface area contributed by atoms with Crippen LogP contribution in [0, 0.1) is 0 Å². The number of aromatic nitrogens is 1. The van der Waals surface area contributed by atoms with Crippen LogP contribution >= 0.6 is 15.9 Å². The lowest BCUT2D eigenvalue weighted by Gasteiger charge is -1.94. The predicted octanol–water partition coefficient (Wildman–Crippen LogP) is 1.24. The monoisotopic (exact) mass is 241 g/mol. The quantitative estimate of drug-likeness (QED) is 0.755. The highest BCUT2D eigenvalue weighted by atomic mass is 79.9. The van der Waals surface area contributed by atoms with Crippen LogP contribution in [0.4, 0.5) is 0 Å². The van der Waals surface area contributed by atoms with E-state index in [4.69, 9.17) is 4.42 Å². The van der Waals surface area contributed by atoms with Crippen LogP contribution in [0.3, 0.4) is 0 Å². The number of hydrogen-bond acceptors (Lipinski definition) is 3. The highest BCUT2D eigenvalue weighted by Crippen LogP contribution is 2.14. The third-order valence-corrected chi connectivity index (χ3v) is 2.10. The molecule has 0 bridgehead atoms. The van der Waals surface area contributed by atoms with Gasteiger partial charge in [0, 0.05) is 4.47 Å². The van der Waals surface area contributed by atoms with E-state index in [-0.39, 0.29) is 5.58 Å². The van der Waals surface area contributed by atoms with Crippen LogP contribution in [-0.4, -0.2) is 4.98 Å². The predicted molar refractivity (Wildman–Crippen MR) is 50.8 cm³/mol. The third kappa shape index (κ3) is 1.42. The molecule has 0 atom stereocenters. The number of aromatic amines is 1. The van der Waals surface area contributed by atoms with E-state index in [0.29, 0.717) is 5.39 Å². The molecule has 1 N–H and O–H groups in total. The lowest BCUT2D eigenvalue weighted by atomic mass is 10.3. The molecule has 5 heteroatoms. The van der Waals surface area contributed by atoms with Crippen molar-refractivity contribution in [1.29, 1.82) is 0 Å². The normalized spacial score (nSPS) is 10.5. The van der Waals surface area contributed by atoms with E-state index in [2.05, 4.69) is 15.9 Å². The molecular formula is C8H4BrNO3. The Balaban J connectivity index is 3.04. The zero-order valence-corrected chi connectivity index (χ0v) is 7.92. The van der Waals surface area contributed by atoms with Gasteiger partial charge in [0.15, 0.2) is 0 Å². The summed E-state index contributed by atoms with van der Waals surface area (Å²) in [5.41, 5.74) is -0.149. The van der Waals surface area contributed by atoms with Crippen molar-refractivity contribution in [2.24, 2.45) is 0 Å². The molecule has 2 rings (SSSR count). The van der Waals surface area contributed by atoms with Crippen LogP contribution in [0.15, 0.2) is 36.7 Å². The standard InChI is InChI=1S/C8H4BrNO3/c9-4-1-2-6-5(3-4)7(11)10-8(12)13-6/h1-3H,(H,10,11,12). The molecule has 0 aliphatic carbocycles. The van der Waals surface area contributed by atoms with E-state index in [1.54, 1.807) is 18.2 Å². The van der Waals surface area contributed by atoms with Crippen molar-refractivity contribution in [3.63, 3.8) is 0 Å². The lowest BCUT2D eigenvalue weighted by Crippen LogP contribution is -2.17. The van der Waals surface area contributed by atoms with Gasteiger partial charge in [-0.15, -0.1) is 0 Å². The molecule has 2 aromatic rings. The molecule has 1 aromatic carbocycles. The van der Waals surface area contributed by atoms with Gasteiger partial charge in [0.2, 0.25) is 0 Å². The van der Waals surface area contributed by atoms with Gasteiger partial charge in [-0.05, 0) is 18.2 Å². The van der Waals surface area contributed by atoms with Crippen molar-refractivity contribution in [3.05, 3.63) is 43.6 Å². The largest absolute Gasteiger partial charge is 0.419 e. The van der Waals surface area contributed by atoms with E-state index in [9.17, 15) is 9.59 Å². The van der Waals surface area contributed by atoms with Gasteiger partial charge in [-0.3, -0.25) is 9.78 Å². The van der Waals surface area contributed by atoms with Crippen LogP contribution in [0.5, 0.6) is 0 Å². The second kappa shape index (κ2) is 2.85. The summed E-state index contributed by atoms with van der Waals surface area (Å²) in [5.74, 6) is -0.736. The number of H-pyrrole nitrogens is 1. The molecule has 0 aliphatic heterocycles. The zero-order chi connectivity index (χ0) is 9.42. The second-order valence-corrected chi connectivity index (χ2v) is 3.40. The van der Waals surface area contributed by atoms with Gasteiger partial charge in [0.25, 0.3) is 5.56 Å². The molecule has 0 unspecified atom stereocenters. The van der Waals surface area contributed by atoms with E-state index in [1.807, 2.05) is 4.98 Å². The Morgan fingerprint density at radius 3 is 2.85 bits per heavy atom. The Hall–Kier alpha value is -1.36. The first-order chi connectivity index (χ1) is 6.16. The molecular weight excluding hydrogens is 238 g/mol. The third-order valence-electron chi connectivity index (χ3n) is 1.60. The average molecular weight is 242 g/mol. The Kier molecular flexibility index (Phi) is 1.81. The van der Waals surface area contributed by atoms with Gasteiger partial charge in [-0.1, -0.05) is 15.9 Å². The number of nitrogens with one attached hydrogen (secondary N) is 1. The van der Waals surface area contributed by atoms with Crippen molar-refractivity contribution in [1.82, 2.24) is 4.98 Å². The number of hydrogen-bond donors (Lipinski definition) is 1. The average Bonchev–Trinajstić information content (AvgIpc) is 2.06. The Morgan fingerprint density at radius 1 is 1.31 bits per heavy atom. The minimum absolute atomic E-state index is 0.289. The molecule has 1 heterocycles. The summed E-state index contributed by atoms with van der Waals surface area (Å²) in [6.45, 7) is 0. The lowest BCUT2D eigenvalue weighted by molar-refractivity contribution is 0.528. The first kappa shape index (κ1) is 8.25. The number of rotatable bonds is 0. The van der Waals surface area contributed by atoms with Crippen LogP contribution in [0.1, 0.15) is 0 Å². The zero-order valence-electron chi connectivity index (χ0n) is 6.33. The van der Waals surface area contributed by atoms with Crippen molar-refractivity contribution in [3.8, 4) is 0 Å². The fraction of sp³-hybridized carbons (Fsp3) is 0. The highest BCUT2D eigenvalue weighted by Gasteiger charge is 2.01. The Bertz CT molecular complexity index is 569. The van der Waals surface area contributed by atoms with Gasteiger partial charge in [0.05, 0.1) is 5.39 Å². The first-order valence-electron chi connectivity index (χ1n) is 3.49. The molecule has 4 nitrogen and oxygen atoms in total. The topological polar surface area (TPSA) is 63.1 Å². The van der Waals surface area contributed by atoms with E-state index in [1.165, 1.54) is 0 Å². The fourth-order valence-corrected chi connectivity index (χ4v) is 1.42. The van der Waals surface area contributed by atoms with Crippen molar-refractivity contribution in [2.45, 2.75) is 0 Å². The molecule has 0 saturated heterocycles. The minimum Gasteiger partial charge on any atom is -0.409 e. The molecule has 0 radical (unpaired) electrons. The summed E-state index contributed by atoms with van der Waals surface area (Å²) >= 11 is 3.21. The number of fused-ring (bicyclic) bond motifs is 1. The molecule has 0 saturated carbocycles. The van der Waals surface area contributed by atoms with Crippen LogP contribution in [0.25, 0.3) is 11.0 Å².